The van der Waals surface area contributed by atoms with E-state index in [2.05, 4.69) is 69.0 Å². The van der Waals surface area contributed by atoms with Gasteiger partial charge >= 0.3 is 5.97 Å². The van der Waals surface area contributed by atoms with E-state index in [0.29, 0.717) is 28.2 Å². The van der Waals surface area contributed by atoms with Gasteiger partial charge in [0.25, 0.3) is 0 Å². The van der Waals surface area contributed by atoms with E-state index in [9.17, 15) is 9.90 Å². The Bertz CT molecular complexity index is 1560. The quantitative estimate of drug-likeness (QED) is 0.171. The smallest absolute Gasteiger partial charge is 0.341 e. The van der Waals surface area contributed by atoms with Gasteiger partial charge in [-0.05, 0) is 84.8 Å². The maximum atomic E-state index is 11.5. The number of ether oxygens (including phenoxy) is 3. The highest BCUT2D eigenvalue weighted by atomic mass is 35.5. The monoisotopic (exact) mass is 610 g/mol. The minimum atomic E-state index is -1.05. The number of benzene rings is 4. The van der Waals surface area contributed by atoms with Crippen molar-refractivity contribution in [1.29, 1.82) is 0 Å². The molecule has 0 amide bonds. The third-order valence-corrected chi connectivity index (χ3v) is 8.37. The first-order valence-corrected chi connectivity index (χ1v) is 15.4. The molecule has 0 aliphatic carbocycles. The first-order valence-electron chi connectivity index (χ1n) is 15.1. The number of halogens is 1. The van der Waals surface area contributed by atoms with Gasteiger partial charge in [-0.3, -0.25) is 0 Å². The molecule has 1 fully saturated rings. The van der Waals surface area contributed by atoms with E-state index >= 15 is 0 Å². The maximum Gasteiger partial charge on any atom is 0.341 e. The lowest BCUT2D eigenvalue weighted by atomic mass is 9.74. The van der Waals surface area contributed by atoms with Crippen molar-refractivity contribution >= 4 is 17.6 Å². The number of rotatable bonds is 11. The van der Waals surface area contributed by atoms with Gasteiger partial charge in [0.05, 0.1) is 12.2 Å². The molecule has 44 heavy (non-hydrogen) atoms. The molecular weight excluding hydrogens is 572 g/mol. The Balaban J connectivity index is 1.50. The lowest BCUT2D eigenvalue weighted by molar-refractivity contribution is -0.139. The van der Waals surface area contributed by atoms with E-state index in [4.69, 9.17) is 25.8 Å². The lowest BCUT2D eigenvalue weighted by Gasteiger charge is -2.43. The van der Waals surface area contributed by atoms with Crippen LogP contribution in [0.2, 0.25) is 5.02 Å². The van der Waals surface area contributed by atoms with Crippen LogP contribution in [0.1, 0.15) is 56.8 Å². The predicted molar refractivity (Wildman–Crippen MR) is 176 cm³/mol. The summed E-state index contributed by atoms with van der Waals surface area (Å²) in [4.78, 5) is 11.5. The second-order valence-corrected chi connectivity index (χ2v) is 12.4. The highest BCUT2D eigenvalue weighted by Gasteiger charge is 2.41. The van der Waals surface area contributed by atoms with Gasteiger partial charge in [-0.25, -0.2) is 4.79 Å². The number of hydrogen-bond acceptors (Lipinski definition) is 4. The van der Waals surface area contributed by atoms with E-state index in [-0.39, 0.29) is 17.9 Å². The molecule has 5 nitrogen and oxygen atoms in total. The third kappa shape index (κ3) is 7.71. The van der Waals surface area contributed by atoms with Crippen molar-refractivity contribution in [2.24, 2.45) is 11.8 Å². The van der Waals surface area contributed by atoms with Crippen molar-refractivity contribution in [1.82, 2.24) is 0 Å². The molecule has 0 unspecified atom stereocenters. The first-order chi connectivity index (χ1) is 21.2. The van der Waals surface area contributed by atoms with Crippen LogP contribution >= 0.6 is 11.6 Å². The van der Waals surface area contributed by atoms with Gasteiger partial charge in [-0.1, -0.05) is 92.2 Å². The molecule has 0 saturated carbocycles. The molecule has 5 rings (SSSR count). The van der Waals surface area contributed by atoms with Crippen molar-refractivity contribution in [3.63, 3.8) is 0 Å². The van der Waals surface area contributed by atoms with Crippen molar-refractivity contribution in [2.45, 2.75) is 51.7 Å². The van der Waals surface area contributed by atoms with Crippen molar-refractivity contribution in [3.05, 3.63) is 125 Å². The molecule has 228 valence electrons. The molecule has 0 bridgehead atoms. The van der Waals surface area contributed by atoms with Crippen LogP contribution in [0.5, 0.6) is 17.2 Å². The molecule has 1 saturated heterocycles. The van der Waals surface area contributed by atoms with Gasteiger partial charge in [0.1, 0.15) is 17.2 Å². The average molecular weight is 611 g/mol. The fourth-order valence-electron chi connectivity index (χ4n) is 5.99. The lowest BCUT2D eigenvalue weighted by Crippen LogP contribution is -2.37. The van der Waals surface area contributed by atoms with Crippen molar-refractivity contribution < 1.29 is 24.1 Å². The van der Waals surface area contributed by atoms with E-state index in [1.165, 1.54) is 16.7 Å². The molecule has 4 aromatic carbocycles. The van der Waals surface area contributed by atoms with Gasteiger partial charge in [0, 0.05) is 22.4 Å². The Morgan fingerprint density at radius 3 is 2.25 bits per heavy atom. The molecule has 1 N–H and O–H groups in total. The van der Waals surface area contributed by atoms with Crippen molar-refractivity contribution in [2.75, 3.05) is 6.61 Å². The molecule has 1 aliphatic heterocycles. The zero-order valence-corrected chi connectivity index (χ0v) is 26.2. The van der Waals surface area contributed by atoms with Crippen LogP contribution in [0.4, 0.5) is 0 Å². The SMILES string of the molecule is C=C(C)[C@@H]1C[C@@H](c2ccc(-c3ccccc3)cc2)[C@@H](CC(C)C)O[C@H]1c1cc(Oc2ccc(Cl)cc2)ccc1OCC(=O)O. The summed E-state index contributed by atoms with van der Waals surface area (Å²) >= 11 is 6.06. The van der Waals surface area contributed by atoms with Crippen LogP contribution in [0.3, 0.4) is 0 Å². The first kappa shape index (κ1) is 31.4. The Labute approximate surface area is 265 Å². The van der Waals surface area contributed by atoms with Crippen LogP contribution in [0.15, 0.2) is 109 Å². The summed E-state index contributed by atoms with van der Waals surface area (Å²) in [6, 6.07) is 31.8. The van der Waals surface area contributed by atoms with Gasteiger partial charge < -0.3 is 19.3 Å². The van der Waals surface area contributed by atoms with Crippen LogP contribution in [-0.2, 0) is 9.53 Å². The Hall–Kier alpha value is -4.06. The van der Waals surface area contributed by atoms with E-state index in [0.717, 1.165) is 24.0 Å². The summed E-state index contributed by atoms with van der Waals surface area (Å²) in [7, 11) is 0. The van der Waals surface area contributed by atoms with Gasteiger partial charge in [0.15, 0.2) is 6.61 Å². The number of carbonyl (C=O) groups is 1. The molecule has 0 radical (unpaired) electrons. The molecule has 0 spiro atoms. The molecule has 0 aromatic heterocycles. The summed E-state index contributed by atoms with van der Waals surface area (Å²) in [6.45, 7) is 10.4. The second kappa shape index (κ2) is 14.1. The summed E-state index contributed by atoms with van der Waals surface area (Å²) in [5.41, 5.74) is 5.35. The Kier molecular flexibility index (Phi) is 10.1. The number of carboxylic acids is 1. The topological polar surface area (TPSA) is 65.0 Å². The van der Waals surface area contributed by atoms with Crippen LogP contribution in [-0.4, -0.2) is 23.8 Å². The highest BCUT2D eigenvalue weighted by molar-refractivity contribution is 6.30. The predicted octanol–water partition coefficient (Wildman–Crippen LogP) is 10.1. The zero-order chi connectivity index (χ0) is 31.2. The largest absolute Gasteiger partial charge is 0.482 e. The molecule has 6 heteroatoms. The van der Waals surface area contributed by atoms with Crippen molar-refractivity contribution in [3.8, 4) is 28.4 Å². The van der Waals surface area contributed by atoms with Gasteiger partial charge in [-0.15, -0.1) is 0 Å². The summed E-state index contributed by atoms with van der Waals surface area (Å²) in [6.07, 6.45) is 1.25. The molecule has 1 heterocycles. The molecule has 1 aliphatic rings. The maximum absolute atomic E-state index is 11.5. The summed E-state index contributed by atoms with van der Waals surface area (Å²) in [5.74, 6) is 1.18. The number of carboxylic acid groups (broad SMARTS) is 1. The minimum Gasteiger partial charge on any atom is -0.482 e. The average Bonchev–Trinajstić information content (AvgIpc) is 3.01. The third-order valence-electron chi connectivity index (χ3n) is 8.11. The van der Waals surface area contributed by atoms with Gasteiger partial charge in [-0.2, -0.15) is 0 Å². The second-order valence-electron chi connectivity index (χ2n) is 11.9. The van der Waals surface area contributed by atoms with Gasteiger partial charge in [0.2, 0.25) is 0 Å². The fraction of sp³-hybridized carbons (Fsp3) is 0.289. The summed E-state index contributed by atoms with van der Waals surface area (Å²) in [5, 5.41) is 10.00. The Morgan fingerprint density at radius 2 is 1.61 bits per heavy atom. The number of aliphatic carboxylic acids is 1. The van der Waals surface area contributed by atoms with E-state index in [1.807, 2.05) is 19.1 Å². The highest BCUT2D eigenvalue weighted by Crippen LogP contribution is 2.50. The Morgan fingerprint density at radius 1 is 0.955 bits per heavy atom. The normalized spacial score (nSPS) is 19.8. The number of hydrogen-bond donors (Lipinski definition) is 1. The van der Waals surface area contributed by atoms with E-state index < -0.39 is 18.7 Å². The summed E-state index contributed by atoms with van der Waals surface area (Å²) < 4.78 is 19.0. The van der Waals surface area contributed by atoms with E-state index in [1.54, 1.807) is 36.4 Å². The van der Waals surface area contributed by atoms with Crippen LogP contribution in [0, 0.1) is 11.8 Å². The zero-order valence-electron chi connectivity index (χ0n) is 25.4. The standard InChI is InChI=1S/C38H39ClO5/c1-24(2)20-36-33(28-12-10-27(11-13-28)26-8-6-5-7-9-26)22-32(25(3)4)38(44-36)34-21-31(18-19-35(34)42-23-37(40)41)43-30-16-14-29(39)15-17-30/h5-19,21,24,32-33,36,38H,3,20,22-23H2,1-2,4H3,(H,40,41)/t32-,33-,36+,38+/m0/s1. The minimum absolute atomic E-state index is 0.0322. The van der Waals surface area contributed by atoms with Crippen LogP contribution < -0.4 is 9.47 Å². The fourth-order valence-corrected chi connectivity index (χ4v) is 6.11. The molecular formula is C38H39ClO5. The van der Waals surface area contributed by atoms with Crippen LogP contribution in [0.25, 0.3) is 11.1 Å². The molecule has 4 atom stereocenters. The molecule has 4 aromatic rings.